The second-order valence-corrected chi connectivity index (χ2v) is 19.8. The Morgan fingerprint density at radius 1 is 0.889 bits per heavy atom. The average molecular weight is 639 g/mol. The first-order chi connectivity index (χ1) is 21.1. The summed E-state index contributed by atoms with van der Waals surface area (Å²) in [7, 11) is -2.23. The molecule has 2 heterocycles. The summed E-state index contributed by atoms with van der Waals surface area (Å²) in [6, 6.07) is 19.7. The first-order valence-electron chi connectivity index (χ1n) is 16.2. The molecule has 2 aromatic carbocycles. The molecule has 248 valence electrons. The molecule has 2 aliphatic heterocycles. The molecule has 1 N–H and O–H groups in total. The third-order valence-electron chi connectivity index (χ3n) is 9.25. The summed E-state index contributed by atoms with van der Waals surface area (Å²) in [5.74, 6) is 0. The fourth-order valence-corrected chi connectivity index (χ4v) is 7.24. The highest BCUT2D eigenvalue weighted by atomic mass is 28.4. The molecule has 10 heteroatoms. The summed E-state index contributed by atoms with van der Waals surface area (Å²) in [4.78, 5) is 35.5. The summed E-state index contributed by atoms with van der Waals surface area (Å²) in [5, 5.41) is 10.0. The number of aliphatic hydroxyl groups is 1. The van der Waals surface area contributed by atoms with E-state index in [0.717, 1.165) is 11.1 Å². The Morgan fingerprint density at radius 3 is 1.84 bits per heavy atom. The van der Waals surface area contributed by atoms with Crippen LogP contribution < -0.4 is 0 Å². The largest absolute Gasteiger partial charge is 0.444 e. The van der Waals surface area contributed by atoms with Crippen LogP contribution in [-0.4, -0.2) is 95.4 Å². The van der Waals surface area contributed by atoms with E-state index in [0.29, 0.717) is 45.8 Å². The van der Waals surface area contributed by atoms with E-state index in [1.807, 2.05) is 91.2 Å². The number of carbonyl (C=O) groups is 2. The highest BCUT2D eigenvalue weighted by molar-refractivity contribution is 6.74. The molecule has 45 heavy (non-hydrogen) atoms. The van der Waals surface area contributed by atoms with Gasteiger partial charge < -0.3 is 29.0 Å². The zero-order valence-corrected chi connectivity index (χ0v) is 29.5. The predicted molar refractivity (Wildman–Crippen MR) is 180 cm³/mol. The van der Waals surface area contributed by atoms with E-state index in [2.05, 4.69) is 38.8 Å². The Kier molecular flexibility index (Phi) is 11.1. The Hall–Kier alpha value is -2.92. The third kappa shape index (κ3) is 9.09. The number of hydrogen-bond acceptors (Lipinski definition) is 6. The number of aliphatic hydroxyl groups excluding tert-OH is 1. The van der Waals surface area contributed by atoms with Gasteiger partial charge in [-0.2, -0.15) is 0 Å². The van der Waals surface area contributed by atoms with Gasteiger partial charge >= 0.3 is 12.1 Å². The highest BCUT2D eigenvalue weighted by Crippen LogP contribution is 2.40. The monoisotopic (exact) mass is 638 g/mol. The second kappa shape index (κ2) is 14.2. The van der Waals surface area contributed by atoms with Crippen molar-refractivity contribution in [1.82, 2.24) is 19.6 Å². The van der Waals surface area contributed by atoms with Gasteiger partial charge in [0.2, 0.25) is 0 Å². The van der Waals surface area contributed by atoms with Crippen LogP contribution in [0.2, 0.25) is 18.1 Å². The van der Waals surface area contributed by atoms with Crippen molar-refractivity contribution >= 4 is 20.4 Å². The molecule has 0 unspecified atom stereocenters. The Bertz CT molecular complexity index is 1210. The van der Waals surface area contributed by atoms with Crippen LogP contribution in [0.1, 0.15) is 65.5 Å². The fourth-order valence-electron chi connectivity index (χ4n) is 5.88. The van der Waals surface area contributed by atoms with Gasteiger partial charge in [0, 0.05) is 32.3 Å². The summed E-state index contributed by atoms with van der Waals surface area (Å²) in [5.41, 5.74) is 1.47. The van der Waals surface area contributed by atoms with Gasteiger partial charge in [0.1, 0.15) is 5.60 Å². The SMILES string of the molecule is CC(C)(C)OC(=O)N1C[C@H](N2CN(Cc3ccccc3)C(=O)N(Cc3ccccc3)C2)[C@H](O[Si](C)(C)C(C)(C)C)C[C@H]1CCO. The standard InChI is InChI=1S/C35H54N4O5Si/c1-34(2,3)43-33(42)39-24-30(31(21-29(39)19-20-40)44-45(7,8)35(4,5)6)38-25-36(22-27-15-11-9-12-16-27)32(41)37(26-38)23-28-17-13-10-14-18-28/h9-18,29-31,40H,19-26H2,1-8H3/t29-,30+,31-/m1/s1. The summed E-state index contributed by atoms with van der Waals surface area (Å²) < 4.78 is 13.0. The molecule has 0 spiro atoms. The minimum Gasteiger partial charge on any atom is -0.444 e. The van der Waals surface area contributed by atoms with Crippen LogP contribution in [0.25, 0.3) is 0 Å². The van der Waals surface area contributed by atoms with E-state index in [1.54, 1.807) is 4.90 Å². The maximum Gasteiger partial charge on any atom is 0.410 e. The molecule has 2 aromatic rings. The van der Waals surface area contributed by atoms with Gasteiger partial charge in [-0.3, -0.25) is 4.90 Å². The van der Waals surface area contributed by atoms with E-state index < -0.39 is 13.9 Å². The lowest BCUT2D eigenvalue weighted by atomic mass is 9.92. The number of amides is 3. The van der Waals surface area contributed by atoms with E-state index >= 15 is 0 Å². The first-order valence-corrected chi connectivity index (χ1v) is 19.1. The van der Waals surface area contributed by atoms with Crippen LogP contribution in [-0.2, 0) is 22.3 Å². The third-order valence-corrected chi connectivity index (χ3v) is 13.8. The maximum atomic E-state index is 14.0. The van der Waals surface area contributed by atoms with Gasteiger partial charge in [-0.05, 0) is 62.9 Å². The summed E-state index contributed by atoms with van der Waals surface area (Å²) in [6.45, 7) is 19.0. The highest BCUT2D eigenvalue weighted by Gasteiger charge is 2.48. The average Bonchev–Trinajstić information content (AvgIpc) is 2.95. The molecule has 2 saturated heterocycles. The molecular formula is C35H54N4O5Si. The molecule has 0 bridgehead atoms. The molecule has 0 radical (unpaired) electrons. The minimum atomic E-state index is -2.23. The van der Waals surface area contributed by atoms with Crippen molar-refractivity contribution in [3.05, 3.63) is 71.8 Å². The smallest absolute Gasteiger partial charge is 0.410 e. The molecule has 2 fully saturated rings. The number of urea groups is 1. The van der Waals surface area contributed by atoms with Gasteiger partial charge in [0.25, 0.3) is 0 Å². The quantitative estimate of drug-likeness (QED) is 0.316. The van der Waals surface area contributed by atoms with Gasteiger partial charge in [-0.1, -0.05) is 81.4 Å². The molecule has 0 saturated carbocycles. The Labute approximate surface area is 271 Å². The summed E-state index contributed by atoms with van der Waals surface area (Å²) >= 11 is 0. The predicted octanol–water partition coefficient (Wildman–Crippen LogP) is 6.49. The van der Waals surface area contributed by atoms with Crippen molar-refractivity contribution in [3.63, 3.8) is 0 Å². The number of benzene rings is 2. The lowest BCUT2D eigenvalue weighted by Crippen LogP contribution is -2.68. The van der Waals surface area contributed by atoms with Crippen LogP contribution in [0.3, 0.4) is 0 Å². The molecule has 4 rings (SSSR count). The Morgan fingerprint density at radius 2 is 1.40 bits per heavy atom. The van der Waals surface area contributed by atoms with Crippen LogP contribution in [0.5, 0.6) is 0 Å². The lowest BCUT2D eigenvalue weighted by Gasteiger charge is -2.53. The van der Waals surface area contributed by atoms with Crippen molar-refractivity contribution < 1.29 is 23.9 Å². The van der Waals surface area contributed by atoms with E-state index in [4.69, 9.17) is 9.16 Å². The van der Waals surface area contributed by atoms with Crippen LogP contribution in [0.15, 0.2) is 60.7 Å². The van der Waals surface area contributed by atoms with Crippen LogP contribution in [0.4, 0.5) is 9.59 Å². The van der Waals surface area contributed by atoms with Gasteiger partial charge in [0.15, 0.2) is 8.32 Å². The van der Waals surface area contributed by atoms with Gasteiger partial charge in [-0.15, -0.1) is 0 Å². The van der Waals surface area contributed by atoms with E-state index in [1.165, 1.54) is 0 Å². The molecule has 0 aliphatic carbocycles. The zero-order chi connectivity index (χ0) is 33.0. The molecule has 3 amide bonds. The Balaban J connectivity index is 1.72. The number of ether oxygens (including phenoxy) is 1. The lowest BCUT2D eigenvalue weighted by molar-refractivity contribution is -0.0792. The zero-order valence-electron chi connectivity index (χ0n) is 28.5. The van der Waals surface area contributed by atoms with E-state index in [9.17, 15) is 14.7 Å². The van der Waals surface area contributed by atoms with Crippen molar-refractivity contribution in [3.8, 4) is 0 Å². The normalized spacial score (nSPS) is 22.1. The van der Waals surface area contributed by atoms with Crippen LogP contribution >= 0.6 is 0 Å². The molecular weight excluding hydrogens is 584 g/mol. The van der Waals surface area contributed by atoms with Gasteiger partial charge in [0.05, 0.1) is 25.5 Å². The van der Waals surface area contributed by atoms with Crippen molar-refractivity contribution in [2.24, 2.45) is 0 Å². The topological polar surface area (TPSA) is 85.8 Å². The van der Waals surface area contributed by atoms with Crippen LogP contribution in [0, 0.1) is 0 Å². The minimum absolute atomic E-state index is 0.0110. The van der Waals surface area contributed by atoms with E-state index in [-0.39, 0.29) is 42.0 Å². The molecule has 0 aromatic heterocycles. The number of likely N-dealkylation sites (tertiary alicyclic amines) is 1. The van der Waals surface area contributed by atoms with Crippen molar-refractivity contribution in [2.75, 3.05) is 26.5 Å². The summed E-state index contributed by atoms with van der Waals surface area (Å²) in [6.07, 6.45) is 0.458. The van der Waals surface area contributed by atoms with Crippen molar-refractivity contribution in [2.45, 2.75) is 109 Å². The second-order valence-electron chi connectivity index (χ2n) is 15.0. The first kappa shape index (κ1) is 34.9. The number of piperidine rings is 1. The molecule has 3 atom stereocenters. The number of rotatable bonds is 9. The molecule has 9 nitrogen and oxygen atoms in total. The van der Waals surface area contributed by atoms with Crippen molar-refractivity contribution in [1.29, 1.82) is 0 Å². The fraction of sp³-hybridized carbons (Fsp3) is 0.600. The van der Waals surface area contributed by atoms with Gasteiger partial charge in [-0.25, -0.2) is 9.59 Å². The number of nitrogens with zero attached hydrogens (tertiary/aromatic N) is 4. The number of carbonyl (C=O) groups excluding carboxylic acids is 2. The number of hydrogen-bond donors (Lipinski definition) is 1. The molecule has 2 aliphatic rings. The maximum absolute atomic E-state index is 14.0.